The fraction of sp³-hybridized carbons (Fsp3) is 0.583. The molecule has 5 rings (SSSR count). The number of allylic oxidation sites excluding steroid dienone is 2. The molecule has 8 heteroatoms. The van der Waals surface area contributed by atoms with Gasteiger partial charge in [-0.15, -0.1) is 0 Å². The fourth-order valence-corrected chi connectivity index (χ4v) is 8.61. The van der Waals surface area contributed by atoms with Gasteiger partial charge in [-0.25, -0.2) is 9.34 Å². The molecule has 0 atom stereocenters. The zero-order chi connectivity index (χ0) is 21.8. The molecule has 0 N–H and O–H groups in total. The number of hydrogen-bond acceptors (Lipinski definition) is 5. The Hall–Kier alpha value is -1.47. The van der Waals surface area contributed by atoms with Gasteiger partial charge in [0.1, 0.15) is 0 Å². The molecular formula is C24H34N3O4P. The van der Waals surface area contributed by atoms with Crippen molar-refractivity contribution in [2.75, 3.05) is 78.9 Å². The summed E-state index contributed by atoms with van der Waals surface area (Å²) in [5.74, 6) is 0. The van der Waals surface area contributed by atoms with Crippen LogP contribution >= 0.6 is 7.44 Å². The molecule has 7 nitrogen and oxygen atoms in total. The molecule has 0 radical (unpaired) electrons. The molecule has 4 aliphatic rings. The predicted octanol–water partition coefficient (Wildman–Crippen LogP) is 3.27. The molecule has 1 aromatic carbocycles. The van der Waals surface area contributed by atoms with Gasteiger partial charge in [-0.1, -0.05) is 30.3 Å². The van der Waals surface area contributed by atoms with E-state index in [-0.39, 0.29) is 0 Å². The number of ether oxygens (including phenoxy) is 3. The minimum absolute atomic E-state index is 0.640. The van der Waals surface area contributed by atoms with E-state index in [1.165, 1.54) is 16.8 Å². The molecule has 1 aromatic rings. The lowest BCUT2D eigenvalue weighted by Gasteiger charge is -2.44. The second-order valence-electron chi connectivity index (χ2n) is 8.65. The number of benzene rings is 1. The van der Waals surface area contributed by atoms with Gasteiger partial charge in [0.25, 0.3) is 0 Å². The molecule has 0 saturated carbocycles. The lowest BCUT2D eigenvalue weighted by atomic mass is 10.1. The Morgan fingerprint density at radius 3 is 1.81 bits per heavy atom. The topological polar surface area (TPSA) is 54.5 Å². The maximum atomic E-state index is 15.2. The summed E-state index contributed by atoms with van der Waals surface area (Å²) >= 11 is 0. The second kappa shape index (κ2) is 10.2. The highest BCUT2D eigenvalue weighted by Gasteiger charge is 2.46. The van der Waals surface area contributed by atoms with Crippen molar-refractivity contribution in [3.63, 3.8) is 0 Å². The summed E-state index contributed by atoms with van der Waals surface area (Å²) in [7, 11) is -2.92. The first kappa shape index (κ1) is 22.3. The Balaban J connectivity index is 1.61. The monoisotopic (exact) mass is 459 g/mol. The van der Waals surface area contributed by atoms with E-state index < -0.39 is 7.44 Å². The summed E-state index contributed by atoms with van der Waals surface area (Å²) in [6.07, 6.45) is 4.06. The molecular weight excluding hydrogens is 425 g/mol. The number of hydrogen-bond donors (Lipinski definition) is 0. The van der Waals surface area contributed by atoms with E-state index in [2.05, 4.69) is 44.6 Å². The van der Waals surface area contributed by atoms with Gasteiger partial charge >= 0.3 is 0 Å². The average Bonchev–Trinajstić information content (AvgIpc) is 3.29. The number of nitrogens with zero attached hydrogens (tertiary/aromatic N) is 3. The Morgan fingerprint density at radius 1 is 0.719 bits per heavy atom. The van der Waals surface area contributed by atoms with E-state index in [1.54, 1.807) is 0 Å². The van der Waals surface area contributed by atoms with Crippen LogP contribution in [0.2, 0.25) is 0 Å². The largest absolute Gasteiger partial charge is 0.379 e. The molecule has 3 saturated heterocycles. The van der Waals surface area contributed by atoms with Gasteiger partial charge in [-0.05, 0) is 30.1 Å². The van der Waals surface area contributed by atoms with Crippen molar-refractivity contribution < 1.29 is 18.8 Å². The van der Waals surface area contributed by atoms with Crippen molar-refractivity contribution in [2.24, 2.45) is 0 Å². The van der Waals surface area contributed by atoms with Crippen LogP contribution in [0, 0.1) is 0 Å². The summed E-state index contributed by atoms with van der Waals surface area (Å²) in [5, 5.41) is 1.13. The Morgan fingerprint density at radius 2 is 1.25 bits per heavy atom. The molecule has 1 aliphatic carbocycles. The van der Waals surface area contributed by atoms with E-state index >= 15 is 4.57 Å². The van der Waals surface area contributed by atoms with Gasteiger partial charge in [0.05, 0.1) is 39.6 Å². The van der Waals surface area contributed by atoms with E-state index in [1.807, 2.05) is 6.07 Å². The highest BCUT2D eigenvalue weighted by atomic mass is 31.2. The summed E-state index contributed by atoms with van der Waals surface area (Å²) in [6.45, 7) is 8.54. The Bertz CT molecular complexity index is 864. The maximum Gasteiger partial charge on any atom is 0.244 e. The molecule has 3 aliphatic heterocycles. The molecule has 0 unspecified atom stereocenters. The van der Waals surface area contributed by atoms with E-state index in [9.17, 15) is 0 Å². The zero-order valence-electron chi connectivity index (χ0n) is 18.8. The molecule has 0 amide bonds. The molecule has 3 fully saturated rings. The van der Waals surface area contributed by atoms with Crippen LogP contribution in [0.25, 0.3) is 6.08 Å². The van der Waals surface area contributed by atoms with Crippen molar-refractivity contribution in [2.45, 2.75) is 12.8 Å². The van der Waals surface area contributed by atoms with Gasteiger partial charge in [0.2, 0.25) is 7.44 Å². The smallest absolute Gasteiger partial charge is 0.244 e. The third-order valence-electron chi connectivity index (χ3n) is 6.77. The van der Waals surface area contributed by atoms with Crippen LogP contribution < -0.4 is 0 Å². The molecule has 32 heavy (non-hydrogen) atoms. The first-order chi connectivity index (χ1) is 15.8. The van der Waals surface area contributed by atoms with Gasteiger partial charge in [-0.3, -0.25) is 4.57 Å². The SMILES string of the molecule is O=P(C1=C(N2CCOCC2)/C(=C\c2ccccc2)CC1)(N1CCOCC1)N1CCOCC1. The molecule has 174 valence electrons. The summed E-state index contributed by atoms with van der Waals surface area (Å²) < 4.78 is 36.5. The lowest BCUT2D eigenvalue weighted by Crippen LogP contribution is -2.44. The van der Waals surface area contributed by atoms with Crippen LogP contribution in [0.3, 0.4) is 0 Å². The van der Waals surface area contributed by atoms with Crippen molar-refractivity contribution in [3.05, 3.63) is 52.5 Å². The van der Waals surface area contributed by atoms with Crippen LogP contribution in [0.15, 0.2) is 46.9 Å². The van der Waals surface area contributed by atoms with Gasteiger partial charge < -0.3 is 19.1 Å². The standard InChI is InChI=1S/C24H34N3O4P/c28-32(26-10-16-30-17-11-26,27-12-18-31-19-13-27)23-7-6-22(20-21-4-2-1-3-5-21)24(23)25-8-14-29-15-9-25/h1-5,20H,6-19H2/b22-20-. The summed E-state index contributed by atoms with van der Waals surface area (Å²) in [5.41, 5.74) is 3.70. The molecule has 3 heterocycles. The summed E-state index contributed by atoms with van der Waals surface area (Å²) in [6, 6.07) is 10.5. The van der Waals surface area contributed by atoms with E-state index in [0.29, 0.717) is 52.6 Å². The number of rotatable bonds is 5. The van der Waals surface area contributed by atoms with Crippen LogP contribution in [0.5, 0.6) is 0 Å². The van der Waals surface area contributed by atoms with Crippen LogP contribution in [-0.4, -0.2) is 93.2 Å². The molecule has 0 aromatic heterocycles. The average molecular weight is 460 g/mol. The Kier molecular flexibility index (Phi) is 7.12. The Labute approximate surface area is 191 Å². The van der Waals surface area contributed by atoms with Crippen LogP contribution in [0.4, 0.5) is 0 Å². The second-order valence-corrected chi connectivity index (χ2v) is 11.4. The highest BCUT2D eigenvalue weighted by Crippen LogP contribution is 2.65. The highest BCUT2D eigenvalue weighted by molar-refractivity contribution is 7.63. The number of morpholine rings is 3. The fourth-order valence-electron chi connectivity index (χ4n) is 5.19. The normalized spacial score (nSPS) is 25.6. The van der Waals surface area contributed by atoms with Crippen molar-refractivity contribution >= 4 is 13.5 Å². The predicted molar refractivity (Wildman–Crippen MR) is 125 cm³/mol. The van der Waals surface area contributed by atoms with E-state index in [0.717, 1.165) is 44.5 Å². The van der Waals surface area contributed by atoms with E-state index in [4.69, 9.17) is 14.2 Å². The third kappa shape index (κ3) is 4.47. The molecule has 0 bridgehead atoms. The third-order valence-corrected chi connectivity index (χ3v) is 10.2. The van der Waals surface area contributed by atoms with Crippen LogP contribution in [0.1, 0.15) is 18.4 Å². The van der Waals surface area contributed by atoms with Gasteiger partial charge in [-0.2, -0.15) is 0 Å². The lowest BCUT2D eigenvalue weighted by molar-refractivity contribution is 0.0515. The first-order valence-corrected chi connectivity index (χ1v) is 13.5. The zero-order valence-corrected chi connectivity index (χ0v) is 19.7. The van der Waals surface area contributed by atoms with Gasteiger partial charge in [0, 0.05) is 50.3 Å². The van der Waals surface area contributed by atoms with Gasteiger partial charge in [0.15, 0.2) is 0 Å². The van der Waals surface area contributed by atoms with Crippen molar-refractivity contribution in [1.29, 1.82) is 0 Å². The quantitative estimate of drug-likeness (QED) is 0.627. The first-order valence-electron chi connectivity index (χ1n) is 11.9. The van der Waals surface area contributed by atoms with Crippen LogP contribution in [-0.2, 0) is 18.8 Å². The van der Waals surface area contributed by atoms with Crippen molar-refractivity contribution in [1.82, 2.24) is 14.2 Å². The minimum Gasteiger partial charge on any atom is -0.379 e. The minimum atomic E-state index is -2.92. The summed E-state index contributed by atoms with van der Waals surface area (Å²) in [4.78, 5) is 2.42. The maximum absolute atomic E-state index is 15.2. The molecule has 0 spiro atoms. The van der Waals surface area contributed by atoms with Crippen molar-refractivity contribution in [3.8, 4) is 0 Å².